The summed E-state index contributed by atoms with van der Waals surface area (Å²) in [5.74, 6) is 0.140. The van der Waals surface area contributed by atoms with Gasteiger partial charge in [-0.1, -0.05) is 60.1 Å². The molecule has 0 bridgehead atoms. The van der Waals surface area contributed by atoms with Crippen LogP contribution in [-0.4, -0.2) is 36.3 Å². The molecule has 4 nitrogen and oxygen atoms in total. The summed E-state index contributed by atoms with van der Waals surface area (Å²) >= 11 is 6.40. The highest BCUT2D eigenvalue weighted by Crippen LogP contribution is 2.32. The Morgan fingerprint density at radius 1 is 1.11 bits per heavy atom. The summed E-state index contributed by atoms with van der Waals surface area (Å²) in [4.78, 5) is 26.0. The minimum atomic E-state index is -0.0833. The number of benzene rings is 2. The molecule has 2 aromatic rings. The topological polar surface area (TPSA) is 49.4 Å². The molecule has 1 aliphatic heterocycles. The summed E-state index contributed by atoms with van der Waals surface area (Å²) in [6.45, 7) is 2.13. The lowest BCUT2D eigenvalue weighted by molar-refractivity contribution is -0.127. The average Bonchev–Trinajstić information content (AvgIpc) is 3.09. The van der Waals surface area contributed by atoms with Crippen LogP contribution in [0.5, 0.6) is 0 Å². The predicted octanol–water partition coefficient (Wildman–Crippen LogP) is 3.99. The van der Waals surface area contributed by atoms with Gasteiger partial charge in [-0.3, -0.25) is 9.59 Å². The molecule has 1 saturated heterocycles. The van der Waals surface area contributed by atoms with E-state index in [0.29, 0.717) is 31.0 Å². The van der Waals surface area contributed by atoms with Crippen LogP contribution in [0.4, 0.5) is 0 Å². The third-order valence-electron chi connectivity index (χ3n) is 4.97. The van der Waals surface area contributed by atoms with E-state index in [2.05, 4.69) is 5.32 Å². The molecule has 0 aliphatic carbocycles. The van der Waals surface area contributed by atoms with E-state index >= 15 is 0 Å². The number of rotatable bonds is 8. The minimum Gasteiger partial charge on any atom is -0.356 e. The Morgan fingerprint density at radius 2 is 1.85 bits per heavy atom. The number of carbonyl (C=O) groups is 2. The molecular weight excluding hydrogens is 360 g/mol. The van der Waals surface area contributed by atoms with E-state index in [4.69, 9.17) is 11.6 Å². The van der Waals surface area contributed by atoms with Crippen molar-refractivity contribution in [1.82, 2.24) is 10.2 Å². The van der Waals surface area contributed by atoms with E-state index in [1.165, 1.54) is 0 Å². The van der Waals surface area contributed by atoms with Gasteiger partial charge < -0.3 is 10.2 Å². The zero-order chi connectivity index (χ0) is 19.1. The molecule has 27 heavy (non-hydrogen) atoms. The molecule has 2 amide bonds. The van der Waals surface area contributed by atoms with Gasteiger partial charge in [0.1, 0.15) is 0 Å². The highest BCUT2D eigenvalue weighted by atomic mass is 35.5. The van der Waals surface area contributed by atoms with Crippen LogP contribution >= 0.6 is 11.6 Å². The third kappa shape index (κ3) is 5.33. The number of nitrogens with one attached hydrogen (secondary N) is 1. The van der Waals surface area contributed by atoms with Crippen molar-refractivity contribution >= 4 is 23.4 Å². The van der Waals surface area contributed by atoms with Crippen LogP contribution in [0, 0.1) is 0 Å². The van der Waals surface area contributed by atoms with Crippen molar-refractivity contribution in [3.63, 3.8) is 0 Å². The number of amides is 2. The van der Waals surface area contributed by atoms with Crippen LogP contribution in [-0.2, 0) is 9.59 Å². The summed E-state index contributed by atoms with van der Waals surface area (Å²) < 4.78 is 0. The van der Waals surface area contributed by atoms with E-state index in [-0.39, 0.29) is 17.7 Å². The standard InChI is InChI=1S/C22H25ClN2O2/c23-20-11-5-4-10-18(20)19(17-8-2-1-3-9-17)16-21(26)24-13-7-15-25-14-6-12-22(25)27/h1-5,8-11,19H,6-7,12-16H2,(H,24,26)/t19-/m1/s1. The van der Waals surface area contributed by atoms with Crippen molar-refractivity contribution in [1.29, 1.82) is 0 Å². The van der Waals surface area contributed by atoms with E-state index in [1.807, 2.05) is 59.5 Å². The molecule has 1 aliphatic rings. The zero-order valence-electron chi connectivity index (χ0n) is 15.4. The molecule has 1 heterocycles. The smallest absolute Gasteiger partial charge is 0.222 e. The maximum Gasteiger partial charge on any atom is 0.222 e. The van der Waals surface area contributed by atoms with Crippen LogP contribution in [0.3, 0.4) is 0 Å². The number of nitrogens with zero attached hydrogens (tertiary/aromatic N) is 1. The first-order valence-corrected chi connectivity index (χ1v) is 9.87. The number of hydrogen-bond acceptors (Lipinski definition) is 2. The molecule has 0 aromatic heterocycles. The summed E-state index contributed by atoms with van der Waals surface area (Å²) in [5.41, 5.74) is 2.03. The number of hydrogen-bond donors (Lipinski definition) is 1. The number of likely N-dealkylation sites (tertiary alicyclic amines) is 1. The molecule has 3 rings (SSSR count). The second kappa shape index (κ2) is 9.56. The average molecular weight is 385 g/mol. The SMILES string of the molecule is O=C(C[C@H](c1ccccc1)c1ccccc1Cl)NCCCN1CCCC1=O. The van der Waals surface area contributed by atoms with Crippen molar-refractivity contribution in [3.8, 4) is 0 Å². The van der Waals surface area contributed by atoms with Gasteiger partial charge in [0.2, 0.25) is 11.8 Å². The van der Waals surface area contributed by atoms with Crippen LogP contribution in [0.1, 0.15) is 42.7 Å². The van der Waals surface area contributed by atoms with Crippen LogP contribution < -0.4 is 5.32 Å². The molecule has 1 atom stereocenters. The van der Waals surface area contributed by atoms with Gasteiger partial charge in [0, 0.05) is 43.4 Å². The first-order chi connectivity index (χ1) is 13.1. The molecule has 1 fully saturated rings. The fourth-order valence-corrected chi connectivity index (χ4v) is 3.81. The number of halogens is 1. The highest BCUT2D eigenvalue weighted by Gasteiger charge is 2.21. The van der Waals surface area contributed by atoms with Gasteiger partial charge in [0.15, 0.2) is 0 Å². The molecule has 0 saturated carbocycles. The molecule has 5 heteroatoms. The van der Waals surface area contributed by atoms with Crippen LogP contribution in [0.15, 0.2) is 54.6 Å². The number of carbonyl (C=O) groups excluding carboxylic acids is 2. The zero-order valence-corrected chi connectivity index (χ0v) is 16.1. The molecule has 1 N–H and O–H groups in total. The fraction of sp³-hybridized carbons (Fsp3) is 0.364. The molecular formula is C22H25ClN2O2. The summed E-state index contributed by atoms with van der Waals surface area (Å²) in [6.07, 6.45) is 2.72. The summed E-state index contributed by atoms with van der Waals surface area (Å²) in [5, 5.41) is 3.66. The Kier molecular flexibility index (Phi) is 6.88. The quantitative estimate of drug-likeness (QED) is 0.699. The largest absolute Gasteiger partial charge is 0.356 e. The first kappa shape index (κ1) is 19.4. The van der Waals surface area contributed by atoms with Crippen molar-refractivity contribution in [2.75, 3.05) is 19.6 Å². The lowest BCUT2D eigenvalue weighted by Crippen LogP contribution is -2.31. The van der Waals surface area contributed by atoms with Gasteiger partial charge in [-0.25, -0.2) is 0 Å². The van der Waals surface area contributed by atoms with Gasteiger partial charge >= 0.3 is 0 Å². The molecule has 0 radical (unpaired) electrons. The van der Waals surface area contributed by atoms with Crippen molar-refractivity contribution in [3.05, 3.63) is 70.7 Å². The maximum atomic E-state index is 12.5. The van der Waals surface area contributed by atoms with Gasteiger partial charge in [-0.05, 0) is 30.0 Å². The molecule has 0 spiro atoms. The van der Waals surface area contributed by atoms with Gasteiger partial charge in [0.05, 0.1) is 0 Å². The van der Waals surface area contributed by atoms with Crippen molar-refractivity contribution in [2.45, 2.75) is 31.6 Å². The molecule has 142 valence electrons. The minimum absolute atomic E-state index is 0.00322. The van der Waals surface area contributed by atoms with E-state index in [0.717, 1.165) is 30.5 Å². The van der Waals surface area contributed by atoms with Gasteiger partial charge in [-0.2, -0.15) is 0 Å². The Labute approximate surface area is 165 Å². The van der Waals surface area contributed by atoms with E-state index < -0.39 is 0 Å². The lowest BCUT2D eigenvalue weighted by Gasteiger charge is -2.19. The first-order valence-electron chi connectivity index (χ1n) is 9.49. The maximum absolute atomic E-state index is 12.5. The highest BCUT2D eigenvalue weighted by molar-refractivity contribution is 6.31. The molecule has 0 unspecified atom stereocenters. The monoisotopic (exact) mass is 384 g/mol. The Balaban J connectivity index is 1.58. The fourth-order valence-electron chi connectivity index (χ4n) is 3.55. The molecule has 2 aromatic carbocycles. The second-order valence-corrected chi connectivity index (χ2v) is 7.28. The third-order valence-corrected chi connectivity index (χ3v) is 5.31. The normalized spacial score (nSPS) is 15.0. The van der Waals surface area contributed by atoms with Crippen molar-refractivity contribution < 1.29 is 9.59 Å². The van der Waals surface area contributed by atoms with Crippen molar-refractivity contribution in [2.24, 2.45) is 0 Å². The van der Waals surface area contributed by atoms with Gasteiger partial charge in [-0.15, -0.1) is 0 Å². The summed E-state index contributed by atoms with van der Waals surface area (Å²) in [7, 11) is 0. The van der Waals surface area contributed by atoms with Gasteiger partial charge in [0.25, 0.3) is 0 Å². The predicted molar refractivity (Wildman–Crippen MR) is 108 cm³/mol. The van der Waals surface area contributed by atoms with E-state index in [9.17, 15) is 9.59 Å². The summed E-state index contributed by atoms with van der Waals surface area (Å²) in [6, 6.07) is 17.7. The second-order valence-electron chi connectivity index (χ2n) is 6.88. The van der Waals surface area contributed by atoms with Crippen LogP contribution in [0.25, 0.3) is 0 Å². The Bertz CT molecular complexity index is 779. The Morgan fingerprint density at radius 3 is 2.56 bits per heavy atom. The van der Waals surface area contributed by atoms with Crippen LogP contribution in [0.2, 0.25) is 5.02 Å². The Hall–Kier alpha value is -2.33. The van der Waals surface area contributed by atoms with E-state index in [1.54, 1.807) is 0 Å². The lowest BCUT2D eigenvalue weighted by atomic mass is 9.88.